The Hall–Kier alpha value is -2.95. The molecule has 2 heterocycles. The Labute approximate surface area is 145 Å². The molecule has 0 radical (unpaired) electrons. The smallest absolute Gasteiger partial charge is 0.170 e. The largest absolute Gasteiger partial charge is 0.508 e. The minimum atomic E-state index is -0.615. The van der Waals surface area contributed by atoms with Crippen molar-refractivity contribution in [2.24, 2.45) is 0 Å². The second-order valence-corrected chi connectivity index (χ2v) is 6.87. The Morgan fingerprint density at radius 3 is 2.72 bits per heavy atom. The number of carbonyl (C=O) groups excluding carboxylic acids is 1. The lowest BCUT2D eigenvalue weighted by Crippen LogP contribution is -2.28. The Balaban J connectivity index is 1.78. The maximum atomic E-state index is 12.6. The van der Waals surface area contributed by atoms with Gasteiger partial charge in [0.05, 0.1) is 17.5 Å². The van der Waals surface area contributed by atoms with Crippen LogP contribution in [0.5, 0.6) is 23.0 Å². The van der Waals surface area contributed by atoms with Gasteiger partial charge in [0.1, 0.15) is 34.7 Å². The first-order chi connectivity index (χ1) is 11.8. The summed E-state index contributed by atoms with van der Waals surface area (Å²) in [5.41, 5.74) is 1.29. The van der Waals surface area contributed by atoms with Crippen LogP contribution in [0.2, 0.25) is 0 Å². The number of rotatable bonds is 1. The van der Waals surface area contributed by atoms with Crippen LogP contribution in [-0.4, -0.2) is 21.6 Å². The molecule has 0 aromatic heterocycles. The molecule has 0 saturated heterocycles. The van der Waals surface area contributed by atoms with Crippen molar-refractivity contribution in [3.05, 3.63) is 53.1 Å². The van der Waals surface area contributed by atoms with E-state index in [-0.39, 0.29) is 23.7 Å². The van der Waals surface area contributed by atoms with Crippen LogP contribution < -0.4 is 9.47 Å². The molecular weight excluding hydrogens is 320 g/mol. The van der Waals surface area contributed by atoms with Crippen LogP contribution in [0.4, 0.5) is 0 Å². The van der Waals surface area contributed by atoms with E-state index < -0.39 is 11.7 Å². The number of carbonyl (C=O) groups is 1. The number of aromatic hydroxyl groups is 2. The fourth-order valence-corrected chi connectivity index (χ4v) is 3.22. The standard InChI is InChI=1S/C20H18O5/c1-20(2)8-7-14-17(25-20)6-5-13-16(23)10-18(24-19(13)14)12-4-3-11(21)9-15(12)22/h3-9,18,21-22H,10H2,1-2H3. The Bertz CT molecular complexity index is 911. The molecule has 0 saturated carbocycles. The molecule has 0 bridgehead atoms. The third-order valence-corrected chi connectivity index (χ3v) is 4.47. The Kier molecular flexibility index (Phi) is 3.29. The van der Waals surface area contributed by atoms with Crippen LogP contribution in [0.3, 0.4) is 0 Å². The van der Waals surface area contributed by atoms with E-state index in [0.29, 0.717) is 22.6 Å². The van der Waals surface area contributed by atoms with Gasteiger partial charge in [-0.1, -0.05) is 0 Å². The predicted molar refractivity (Wildman–Crippen MR) is 92.3 cm³/mol. The van der Waals surface area contributed by atoms with Gasteiger partial charge in [0.2, 0.25) is 0 Å². The number of hydrogen-bond donors (Lipinski definition) is 2. The molecule has 0 spiro atoms. The molecular formula is C20H18O5. The van der Waals surface area contributed by atoms with E-state index in [4.69, 9.17) is 9.47 Å². The molecule has 0 amide bonds. The van der Waals surface area contributed by atoms with Crippen LogP contribution in [-0.2, 0) is 0 Å². The average Bonchev–Trinajstić information content (AvgIpc) is 2.53. The van der Waals surface area contributed by atoms with Crippen molar-refractivity contribution >= 4 is 11.9 Å². The van der Waals surface area contributed by atoms with Gasteiger partial charge in [0, 0.05) is 11.6 Å². The highest BCUT2D eigenvalue weighted by Crippen LogP contribution is 2.45. The number of Topliss-reactive ketones (excluding diaryl/α,β-unsaturated/α-hetero) is 1. The van der Waals surface area contributed by atoms with Crippen LogP contribution in [0.1, 0.15) is 47.9 Å². The van der Waals surface area contributed by atoms with Crippen molar-refractivity contribution < 1.29 is 24.5 Å². The van der Waals surface area contributed by atoms with Crippen LogP contribution in [0.25, 0.3) is 6.08 Å². The minimum Gasteiger partial charge on any atom is -0.508 e. The fraction of sp³-hybridized carbons (Fsp3) is 0.250. The van der Waals surface area contributed by atoms with E-state index in [0.717, 1.165) is 5.56 Å². The fourth-order valence-electron chi connectivity index (χ4n) is 3.22. The molecule has 2 aromatic carbocycles. The highest BCUT2D eigenvalue weighted by Gasteiger charge is 2.33. The number of ether oxygens (including phenoxy) is 2. The second-order valence-electron chi connectivity index (χ2n) is 6.87. The first-order valence-corrected chi connectivity index (χ1v) is 8.11. The zero-order valence-corrected chi connectivity index (χ0v) is 13.9. The summed E-state index contributed by atoms with van der Waals surface area (Å²) in [6, 6.07) is 7.78. The van der Waals surface area contributed by atoms with Gasteiger partial charge < -0.3 is 19.7 Å². The molecule has 2 aromatic rings. The molecule has 1 atom stereocenters. The molecule has 4 rings (SSSR count). The van der Waals surface area contributed by atoms with Crippen molar-refractivity contribution in [1.29, 1.82) is 0 Å². The van der Waals surface area contributed by atoms with E-state index in [1.165, 1.54) is 12.1 Å². The number of benzene rings is 2. The third-order valence-electron chi connectivity index (χ3n) is 4.47. The lowest BCUT2D eigenvalue weighted by atomic mass is 9.92. The summed E-state index contributed by atoms with van der Waals surface area (Å²) in [6.07, 6.45) is 3.34. The highest BCUT2D eigenvalue weighted by molar-refractivity contribution is 6.01. The third kappa shape index (κ3) is 2.61. The molecule has 2 aliphatic heterocycles. The van der Waals surface area contributed by atoms with Crippen molar-refractivity contribution in [2.45, 2.75) is 32.0 Å². The molecule has 128 valence electrons. The van der Waals surface area contributed by atoms with Crippen molar-refractivity contribution in [3.8, 4) is 23.0 Å². The molecule has 1 unspecified atom stereocenters. The quantitative estimate of drug-likeness (QED) is 0.822. The molecule has 0 fully saturated rings. The van der Waals surface area contributed by atoms with Gasteiger partial charge in [-0.05, 0) is 50.3 Å². The van der Waals surface area contributed by atoms with Crippen molar-refractivity contribution in [1.82, 2.24) is 0 Å². The normalized spacial score (nSPS) is 20.2. The van der Waals surface area contributed by atoms with E-state index in [1.807, 2.05) is 26.0 Å². The summed E-state index contributed by atoms with van der Waals surface area (Å²) in [6.45, 7) is 3.91. The molecule has 25 heavy (non-hydrogen) atoms. The molecule has 0 aliphatic carbocycles. The molecule has 5 nitrogen and oxygen atoms in total. The minimum absolute atomic E-state index is 0.0419. The van der Waals surface area contributed by atoms with Gasteiger partial charge >= 0.3 is 0 Å². The van der Waals surface area contributed by atoms with Crippen LogP contribution in [0.15, 0.2) is 36.4 Å². The predicted octanol–water partition coefficient (Wildman–Crippen LogP) is 3.99. The zero-order chi connectivity index (χ0) is 17.8. The number of hydrogen-bond acceptors (Lipinski definition) is 5. The molecule has 2 aliphatic rings. The SMILES string of the molecule is CC1(C)C=Cc2c(ccc3c2OC(c2ccc(O)cc2O)CC3=O)O1. The van der Waals surface area contributed by atoms with E-state index in [9.17, 15) is 15.0 Å². The summed E-state index contributed by atoms with van der Waals surface area (Å²) < 4.78 is 12.0. The van der Waals surface area contributed by atoms with Crippen molar-refractivity contribution in [3.63, 3.8) is 0 Å². The number of fused-ring (bicyclic) bond motifs is 3. The van der Waals surface area contributed by atoms with Gasteiger partial charge in [-0.25, -0.2) is 0 Å². The summed E-state index contributed by atoms with van der Waals surface area (Å²) in [5, 5.41) is 19.6. The number of phenols is 2. The maximum Gasteiger partial charge on any atom is 0.170 e. The Morgan fingerprint density at radius 1 is 1.16 bits per heavy atom. The van der Waals surface area contributed by atoms with E-state index in [2.05, 4.69) is 0 Å². The first-order valence-electron chi connectivity index (χ1n) is 8.11. The molecule has 5 heteroatoms. The monoisotopic (exact) mass is 338 g/mol. The van der Waals surface area contributed by atoms with Gasteiger partial charge in [0.15, 0.2) is 5.78 Å². The second kappa shape index (κ2) is 5.28. The van der Waals surface area contributed by atoms with Crippen LogP contribution >= 0.6 is 0 Å². The lowest BCUT2D eigenvalue weighted by Gasteiger charge is -2.32. The number of phenolic OH excluding ortho intramolecular Hbond substituents is 2. The summed E-state index contributed by atoms with van der Waals surface area (Å²) in [4.78, 5) is 12.6. The Morgan fingerprint density at radius 2 is 1.96 bits per heavy atom. The maximum absolute atomic E-state index is 12.6. The van der Waals surface area contributed by atoms with Crippen LogP contribution in [0, 0.1) is 0 Å². The van der Waals surface area contributed by atoms with Gasteiger partial charge in [-0.3, -0.25) is 4.79 Å². The molecule has 2 N–H and O–H groups in total. The van der Waals surface area contributed by atoms with Gasteiger partial charge in [-0.2, -0.15) is 0 Å². The van der Waals surface area contributed by atoms with E-state index >= 15 is 0 Å². The lowest BCUT2D eigenvalue weighted by molar-refractivity contribution is 0.0844. The summed E-state index contributed by atoms with van der Waals surface area (Å²) in [5.74, 6) is 0.936. The van der Waals surface area contributed by atoms with Gasteiger partial charge in [0.25, 0.3) is 0 Å². The highest BCUT2D eigenvalue weighted by atomic mass is 16.5. The number of ketones is 1. The van der Waals surface area contributed by atoms with Gasteiger partial charge in [-0.15, -0.1) is 0 Å². The first kappa shape index (κ1) is 15.6. The van der Waals surface area contributed by atoms with Crippen molar-refractivity contribution in [2.75, 3.05) is 0 Å². The summed E-state index contributed by atoms with van der Waals surface area (Å²) >= 11 is 0. The zero-order valence-electron chi connectivity index (χ0n) is 13.9. The van der Waals surface area contributed by atoms with E-state index in [1.54, 1.807) is 18.2 Å². The topological polar surface area (TPSA) is 76.0 Å². The average molecular weight is 338 g/mol. The summed E-state index contributed by atoms with van der Waals surface area (Å²) in [7, 11) is 0.